The molecule has 1 aromatic rings. The third-order valence-electron chi connectivity index (χ3n) is 4.71. The number of nitrogens with one attached hydrogen (secondary N) is 3. The second-order valence-corrected chi connectivity index (χ2v) is 9.27. The second-order valence-electron chi connectivity index (χ2n) is 7.35. The third kappa shape index (κ3) is 10.4. The average Bonchev–Trinajstić information content (AvgIpc) is 3.01. The normalized spacial score (nSPS) is 17.4. The molecule has 0 amide bonds. The predicted octanol–water partition coefficient (Wildman–Crippen LogP) is 1.55. The van der Waals surface area contributed by atoms with Crippen molar-refractivity contribution >= 4 is 40.0 Å². The van der Waals surface area contributed by atoms with Crippen LogP contribution >= 0.6 is 24.0 Å². The van der Waals surface area contributed by atoms with Crippen molar-refractivity contribution in [3.05, 3.63) is 17.5 Å². The van der Waals surface area contributed by atoms with Gasteiger partial charge in [0.1, 0.15) is 0 Å². The highest BCUT2D eigenvalue weighted by molar-refractivity contribution is 14.0. The molecule has 1 unspecified atom stereocenters. The van der Waals surface area contributed by atoms with Gasteiger partial charge in [0.2, 0.25) is 10.0 Å². The van der Waals surface area contributed by atoms with E-state index in [2.05, 4.69) is 31.5 Å². The van der Waals surface area contributed by atoms with Crippen LogP contribution in [-0.4, -0.2) is 68.8 Å². The number of aromatic nitrogens is 2. The van der Waals surface area contributed by atoms with Crippen LogP contribution in [0.1, 0.15) is 44.0 Å². The maximum Gasteiger partial charge on any atom is 0.213 e. The summed E-state index contributed by atoms with van der Waals surface area (Å²) >= 11 is 0. The summed E-state index contributed by atoms with van der Waals surface area (Å²) in [7, 11) is -3.34. The first-order valence-corrected chi connectivity index (χ1v) is 12.2. The Hall–Kier alpha value is -0.920. The van der Waals surface area contributed by atoms with Crippen molar-refractivity contribution in [2.24, 2.45) is 4.99 Å². The van der Waals surface area contributed by atoms with Crippen LogP contribution in [0.15, 0.2) is 11.1 Å². The molecule has 30 heavy (non-hydrogen) atoms. The van der Waals surface area contributed by atoms with E-state index in [1.807, 2.05) is 25.5 Å². The highest BCUT2D eigenvalue weighted by Crippen LogP contribution is 2.11. The molecule has 1 aliphatic heterocycles. The van der Waals surface area contributed by atoms with Crippen molar-refractivity contribution in [1.82, 2.24) is 25.1 Å². The summed E-state index contributed by atoms with van der Waals surface area (Å²) in [6, 6.07) is 2.06. The maximum absolute atomic E-state index is 12.2. The predicted molar refractivity (Wildman–Crippen MR) is 131 cm³/mol. The molecule has 0 bridgehead atoms. The molecule has 1 saturated heterocycles. The molecule has 2 rings (SSSR count). The lowest BCUT2D eigenvalue weighted by Crippen LogP contribution is -2.42. The molecule has 0 saturated carbocycles. The SMILES string of the molecule is CCNC(=NCCCn1nc(C)cc1C)NCCS(=O)(=O)NCC1CCCCO1.I. The van der Waals surface area contributed by atoms with Crippen molar-refractivity contribution in [1.29, 1.82) is 0 Å². The Morgan fingerprint density at radius 2 is 2.13 bits per heavy atom. The summed E-state index contributed by atoms with van der Waals surface area (Å²) in [5.41, 5.74) is 2.17. The minimum atomic E-state index is -3.34. The zero-order valence-corrected chi connectivity index (χ0v) is 21.5. The monoisotopic (exact) mass is 556 g/mol. The van der Waals surface area contributed by atoms with Gasteiger partial charge in [0, 0.05) is 45.0 Å². The van der Waals surface area contributed by atoms with E-state index in [1.165, 1.54) is 0 Å². The smallest absolute Gasteiger partial charge is 0.213 e. The van der Waals surface area contributed by atoms with Crippen LogP contribution in [-0.2, 0) is 21.3 Å². The van der Waals surface area contributed by atoms with Gasteiger partial charge < -0.3 is 15.4 Å². The van der Waals surface area contributed by atoms with Gasteiger partial charge in [-0.1, -0.05) is 0 Å². The fraction of sp³-hybridized carbons (Fsp3) is 0.789. The number of sulfonamides is 1. The minimum Gasteiger partial charge on any atom is -0.377 e. The Kier molecular flexibility index (Phi) is 12.8. The number of hydrogen-bond acceptors (Lipinski definition) is 5. The fourth-order valence-electron chi connectivity index (χ4n) is 3.22. The zero-order chi connectivity index (χ0) is 21.1. The van der Waals surface area contributed by atoms with Gasteiger partial charge in [0.05, 0.1) is 17.6 Å². The molecule has 1 aliphatic rings. The largest absolute Gasteiger partial charge is 0.377 e. The summed E-state index contributed by atoms with van der Waals surface area (Å²) in [6.07, 6.45) is 3.92. The van der Waals surface area contributed by atoms with Crippen molar-refractivity contribution in [3.8, 4) is 0 Å². The van der Waals surface area contributed by atoms with Gasteiger partial charge in [-0.15, -0.1) is 24.0 Å². The summed E-state index contributed by atoms with van der Waals surface area (Å²) in [6.45, 7) is 9.54. The number of aryl methyl sites for hydroxylation is 3. The molecular formula is C19H37IN6O3S. The molecule has 174 valence electrons. The van der Waals surface area contributed by atoms with Crippen molar-refractivity contribution in [3.63, 3.8) is 0 Å². The van der Waals surface area contributed by atoms with E-state index in [9.17, 15) is 8.42 Å². The molecule has 0 aliphatic carbocycles. The Balaban J connectivity index is 0.00000450. The van der Waals surface area contributed by atoms with Crippen LogP contribution < -0.4 is 15.4 Å². The highest BCUT2D eigenvalue weighted by atomic mass is 127. The van der Waals surface area contributed by atoms with Crippen LogP contribution in [0.4, 0.5) is 0 Å². The van der Waals surface area contributed by atoms with E-state index in [0.717, 1.165) is 50.2 Å². The van der Waals surface area contributed by atoms with Crippen molar-refractivity contribution in [2.75, 3.05) is 38.5 Å². The number of aliphatic imine (C=N–C) groups is 1. The van der Waals surface area contributed by atoms with Crippen LogP contribution in [0.25, 0.3) is 0 Å². The number of nitrogens with zero attached hydrogens (tertiary/aromatic N) is 3. The minimum absolute atomic E-state index is 0. The Labute approximate surface area is 197 Å². The fourth-order valence-corrected chi connectivity index (χ4v) is 4.17. The summed E-state index contributed by atoms with van der Waals surface area (Å²) < 4.78 is 34.6. The van der Waals surface area contributed by atoms with E-state index < -0.39 is 10.0 Å². The topological polar surface area (TPSA) is 110 Å². The molecular weight excluding hydrogens is 519 g/mol. The Morgan fingerprint density at radius 3 is 2.77 bits per heavy atom. The van der Waals surface area contributed by atoms with Crippen molar-refractivity contribution in [2.45, 2.75) is 59.1 Å². The van der Waals surface area contributed by atoms with Gasteiger partial charge in [-0.05, 0) is 52.5 Å². The first-order chi connectivity index (χ1) is 13.9. The molecule has 1 aromatic heterocycles. The highest BCUT2D eigenvalue weighted by Gasteiger charge is 2.17. The molecule has 0 spiro atoms. The standard InChI is InChI=1S/C19H36N6O3S.HI/c1-4-20-19(21-9-7-11-25-17(3)14-16(2)24-25)22-10-13-29(26,27)23-15-18-8-5-6-12-28-18;/h14,18,23H,4-13,15H2,1-3H3,(H2,20,21,22);1H. The van der Waals surface area contributed by atoms with E-state index in [0.29, 0.717) is 32.1 Å². The first-order valence-electron chi connectivity index (χ1n) is 10.5. The number of halogens is 1. The quantitative estimate of drug-likeness (QED) is 0.165. The third-order valence-corrected chi connectivity index (χ3v) is 6.06. The lowest BCUT2D eigenvalue weighted by atomic mass is 10.1. The van der Waals surface area contributed by atoms with Gasteiger partial charge in [0.15, 0.2) is 5.96 Å². The summed E-state index contributed by atoms with van der Waals surface area (Å²) in [5.74, 6) is 0.627. The maximum atomic E-state index is 12.2. The van der Waals surface area contributed by atoms with Crippen molar-refractivity contribution < 1.29 is 13.2 Å². The van der Waals surface area contributed by atoms with Gasteiger partial charge in [0.25, 0.3) is 0 Å². The lowest BCUT2D eigenvalue weighted by molar-refractivity contribution is 0.0200. The van der Waals surface area contributed by atoms with E-state index in [4.69, 9.17) is 4.74 Å². The Bertz CT molecular complexity index is 747. The number of rotatable bonds is 11. The van der Waals surface area contributed by atoms with E-state index in [1.54, 1.807) is 0 Å². The van der Waals surface area contributed by atoms with Crippen LogP contribution in [0.5, 0.6) is 0 Å². The van der Waals surface area contributed by atoms with Crippen LogP contribution in [0.3, 0.4) is 0 Å². The molecule has 2 heterocycles. The molecule has 9 nitrogen and oxygen atoms in total. The van der Waals surface area contributed by atoms with Gasteiger partial charge in [-0.25, -0.2) is 13.1 Å². The molecule has 11 heteroatoms. The summed E-state index contributed by atoms with van der Waals surface area (Å²) in [4.78, 5) is 4.52. The molecule has 0 aromatic carbocycles. The number of hydrogen-bond donors (Lipinski definition) is 3. The van der Waals surface area contributed by atoms with E-state index in [-0.39, 0.29) is 35.8 Å². The number of ether oxygens (including phenoxy) is 1. The van der Waals surface area contributed by atoms with E-state index >= 15 is 0 Å². The molecule has 3 N–H and O–H groups in total. The molecule has 0 radical (unpaired) electrons. The Morgan fingerprint density at radius 1 is 1.33 bits per heavy atom. The molecule has 1 atom stereocenters. The van der Waals surface area contributed by atoms with Gasteiger partial charge in [-0.2, -0.15) is 5.10 Å². The number of guanidine groups is 1. The second kappa shape index (κ2) is 14.2. The summed E-state index contributed by atoms with van der Waals surface area (Å²) in [5, 5.41) is 10.7. The van der Waals surface area contributed by atoms with Gasteiger partial charge >= 0.3 is 0 Å². The van der Waals surface area contributed by atoms with Gasteiger partial charge in [-0.3, -0.25) is 9.67 Å². The van der Waals surface area contributed by atoms with Crippen LogP contribution in [0, 0.1) is 13.8 Å². The van der Waals surface area contributed by atoms with Crippen LogP contribution in [0.2, 0.25) is 0 Å². The lowest BCUT2D eigenvalue weighted by Gasteiger charge is -2.22. The average molecular weight is 557 g/mol. The molecule has 1 fully saturated rings. The first kappa shape index (κ1) is 27.1. The zero-order valence-electron chi connectivity index (χ0n) is 18.3.